The zero-order chi connectivity index (χ0) is 15.6. The third-order valence-corrected chi connectivity index (χ3v) is 4.25. The molecule has 0 unspecified atom stereocenters. The van der Waals surface area contributed by atoms with Crippen molar-refractivity contribution in [2.24, 2.45) is 5.11 Å². The minimum absolute atomic E-state index is 0.0109. The molecule has 0 saturated heterocycles. The zero-order valence-corrected chi connectivity index (χ0v) is 12.2. The Hall–Kier alpha value is -2.77. The summed E-state index contributed by atoms with van der Waals surface area (Å²) >= 11 is 1.49. The maximum atomic E-state index is 11.4. The van der Waals surface area contributed by atoms with Crippen LogP contribution in [0.1, 0.15) is 33.1 Å². The van der Waals surface area contributed by atoms with Gasteiger partial charge in [0.2, 0.25) is 0 Å². The number of carbonyl (C=O) groups excluding carboxylic acids is 1. The highest BCUT2D eigenvalue weighted by molar-refractivity contribution is 7.12. The van der Waals surface area contributed by atoms with Crippen molar-refractivity contribution in [3.8, 4) is 0 Å². The SMILES string of the molecule is CC1(c2ccc(Cc3nc(C(=O)N=[N+]=[N-])co3)s2)OC=CO1. The highest BCUT2D eigenvalue weighted by Crippen LogP contribution is 2.36. The van der Waals surface area contributed by atoms with E-state index in [4.69, 9.17) is 19.4 Å². The predicted octanol–water partition coefficient (Wildman–Crippen LogP) is 3.47. The number of oxazole rings is 1. The van der Waals surface area contributed by atoms with Crippen LogP contribution in [0.2, 0.25) is 0 Å². The molecule has 0 radical (unpaired) electrons. The smallest absolute Gasteiger partial charge is 0.283 e. The van der Waals surface area contributed by atoms with Gasteiger partial charge in [-0.25, -0.2) is 4.98 Å². The summed E-state index contributed by atoms with van der Waals surface area (Å²) < 4.78 is 16.1. The molecule has 3 heterocycles. The number of amides is 1. The molecular weight excluding hydrogens is 308 g/mol. The summed E-state index contributed by atoms with van der Waals surface area (Å²) in [6.07, 6.45) is 4.59. The average Bonchev–Trinajstić information content (AvgIpc) is 3.20. The second kappa shape index (κ2) is 5.55. The summed E-state index contributed by atoms with van der Waals surface area (Å²) in [6.45, 7) is 1.82. The molecule has 2 aromatic rings. The molecule has 0 aromatic carbocycles. The molecule has 0 bridgehead atoms. The normalized spacial score (nSPS) is 15.0. The molecule has 9 heteroatoms. The number of thiophene rings is 1. The summed E-state index contributed by atoms with van der Waals surface area (Å²) in [6, 6.07) is 3.82. The first-order valence-corrected chi connectivity index (χ1v) is 7.06. The largest absolute Gasteiger partial charge is 0.452 e. The van der Waals surface area contributed by atoms with Gasteiger partial charge in [-0.05, 0) is 22.8 Å². The monoisotopic (exact) mass is 318 g/mol. The Morgan fingerprint density at radius 3 is 2.95 bits per heavy atom. The first kappa shape index (κ1) is 14.2. The number of nitrogens with zero attached hydrogens (tertiary/aromatic N) is 4. The predicted molar refractivity (Wildman–Crippen MR) is 75.8 cm³/mol. The van der Waals surface area contributed by atoms with Crippen LogP contribution < -0.4 is 0 Å². The van der Waals surface area contributed by atoms with Crippen molar-refractivity contribution in [3.05, 3.63) is 62.7 Å². The van der Waals surface area contributed by atoms with Gasteiger partial charge in [-0.1, -0.05) is 0 Å². The number of hydrogen-bond donors (Lipinski definition) is 0. The van der Waals surface area contributed by atoms with Crippen molar-refractivity contribution in [3.63, 3.8) is 0 Å². The maximum absolute atomic E-state index is 11.4. The Morgan fingerprint density at radius 1 is 1.45 bits per heavy atom. The number of azide groups is 1. The van der Waals surface area contributed by atoms with E-state index in [0.29, 0.717) is 12.3 Å². The second-order valence-electron chi connectivity index (χ2n) is 4.52. The van der Waals surface area contributed by atoms with Gasteiger partial charge in [0.15, 0.2) is 11.6 Å². The molecule has 3 rings (SSSR count). The van der Waals surface area contributed by atoms with E-state index in [1.807, 2.05) is 19.1 Å². The van der Waals surface area contributed by atoms with Gasteiger partial charge < -0.3 is 13.9 Å². The number of aromatic nitrogens is 1. The Bertz CT molecular complexity index is 780. The molecule has 0 aliphatic carbocycles. The molecule has 112 valence electrons. The Morgan fingerprint density at radius 2 is 2.23 bits per heavy atom. The van der Waals surface area contributed by atoms with Crippen molar-refractivity contribution in [2.75, 3.05) is 0 Å². The summed E-state index contributed by atoms with van der Waals surface area (Å²) in [5, 5.41) is 2.96. The highest BCUT2D eigenvalue weighted by Gasteiger charge is 2.33. The molecule has 1 amide bonds. The van der Waals surface area contributed by atoms with Crippen LogP contribution in [0.25, 0.3) is 10.4 Å². The number of rotatable bonds is 4. The number of hydrogen-bond acceptors (Lipinski definition) is 6. The van der Waals surface area contributed by atoms with Crippen molar-refractivity contribution in [1.82, 2.24) is 4.98 Å². The molecule has 22 heavy (non-hydrogen) atoms. The van der Waals surface area contributed by atoms with E-state index >= 15 is 0 Å². The molecule has 0 spiro atoms. The lowest BCUT2D eigenvalue weighted by Gasteiger charge is -2.20. The minimum atomic E-state index is -0.803. The molecule has 8 nitrogen and oxygen atoms in total. The van der Waals surface area contributed by atoms with Crippen LogP contribution in [-0.2, 0) is 21.7 Å². The van der Waals surface area contributed by atoms with Gasteiger partial charge in [-0.3, -0.25) is 4.79 Å². The summed E-state index contributed by atoms with van der Waals surface area (Å²) in [5.74, 6) is -1.21. The summed E-state index contributed by atoms with van der Waals surface area (Å²) in [4.78, 5) is 19.7. The highest BCUT2D eigenvalue weighted by atomic mass is 32.1. The van der Waals surface area contributed by atoms with E-state index in [1.165, 1.54) is 30.1 Å². The topological polar surface area (TPSA) is 110 Å². The molecule has 1 aliphatic rings. The Kier molecular flexibility index (Phi) is 3.58. The maximum Gasteiger partial charge on any atom is 0.283 e. The van der Waals surface area contributed by atoms with Crippen molar-refractivity contribution in [1.29, 1.82) is 0 Å². The van der Waals surface area contributed by atoms with Gasteiger partial charge in [0.1, 0.15) is 18.8 Å². The Balaban J connectivity index is 1.73. The molecular formula is C13H10N4O4S. The van der Waals surface area contributed by atoms with E-state index in [9.17, 15) is 4.79 Å². The van der Waals surface area contributed by atoms with Crippen LogP contribution in [0.15, 0.2) is 40.5 Å². The summed E-state index contributed by atoms with van der Waals surface area (Å²) in [5.41, 5.74) is 8.21. The van der Waals surface area contributed by atoms with Crippen LogP contribution in [0.5, 0.6) is 0 Å². The molecule has 0 saturated carbocycles. The lowest BCUT2D eigenvalue weighted by molar-refractivity contribution is -0.130. The fourth-order valence-electron chi connectivity index (χ4n) is 1.91. The third kappa shape index (κ3) is 2.67. The Labute approximate surface area is 128 Å². The van der Waals surface area contributed by atoms with E-state index in [1.54, 1.807) is 0 Å². The lowest BCUT2D eigenvalue weighted by Crippen LogP contribution is -2.20. The van der Waals surface area contributed by atoms with Crippen LogP contribution in [0.4, 0.5) is 0 Å². The lowest BCUT2D eigenvalue weighted by atomic mass is 10.2. The van der Waals surface area contributed by atoms with Gasteiger partial charge in [0.05, 0.1) is 11.3 Å². The quantitative estimate of drug-likeness (QED) is 0.487. The van der Waals surface area contributed by atoms with Gasteiger partial charge in [0.25, 0.3) is 11.7 Å². The number of carbonyl (C=O) groups is 1. The summed E-state index contributed by atoms with van der Waals surface area (Å²) in [7, 11) is 0. The molecule has 1 aliphatic heterocycles. The molecule has 0 N–H and O–H groups in total. The number of ether oxygens (including phenoxy) is 2. The van der Waals surface area contributed by atoms with Crippen LogP contribution >= 0.6 is 11.3 Å². The van der Waals surface area contributed by atoms with E-state index in [2.05, 4.69) is 15.0 Å². The fourth-order valence-corrected chi connectivity index (χ4v) is 2.94. The van der Waals surface area contributed by atoms with Crippen LogP contribution in [0.3, 0.4) is 0 Å². The van der Waals surface area contributed by atoms with Crippen LogP contribution in [0, 0.1) is 0 Å². The van der Waals surface area contributed by atoms with Gasteiger partial charge >= 0.3 is 0 Å². The van der Waals surface area contributed by atoms with E-state index in [0.717, 1.165) is 9.75 Å². The first-order valence-electron chi connectivity index (χ1n) is 6.24. The van der Waals surface area contributed by atoms with Crippen molar-refractivity contribution < 1.29 is 18.7 Å². The van der Waals surface area contributed by atoms with E-state index < -0.39 is 11.7 Å². The average molecular weight is 318 g/mol. The molecule has 0 fully saturated rings. The first-order chi connectivity index (χ1) is 10.6. The van der Waals surface area contributed by atoms with Crippen molar-refractivity contribution in [2.45, 2.75) is 19.1 Å². The minimum Gasteiger partial charge on any atom is -0.452 e. The van der Waals surface area contributed by atoms with Gasteiger partial charge in [0, 0.05) is 16.7 Å². The second-order valence-corrected chi connectivity index (χ2v) is 5.69. The molecule has 0 atom stereocenters. The van der Waals surface area contributed by atoms with Crippen LogP contribution in [-0.4, -0.2) is 10.9 Å². The van der Waals surface area contributed by atoms with Crippen molar-refractivity contribution >= 4 is 17.2 Å². The standard InChI is InChI=1S/C13H10N4O4S/c1-13(20-4-5-21-13)10-3-2-8(22-10)6-11-15-9(7-19-11)12(18)16-17-14/h2-5,7H,6H2,1H3. The van der Waals surface area contributed by atoms with Gasteiger partial charge in [-0.2, -0.15) is 0 Å². The molecule has 2 aromatic heterocycles. The fraction of sp³-hybridized carbons (Fsp3) is 0.231. The van der Waals surface area contributed by atoms with E-state index in [-0.39, 0.29) is 5.69 Å². The zero-order valence-electron chi connectivity index (χ0n) is 11.4. The van der Waals surface area contributed by atoms with Gasteiger partial charge in [-0.15, -0.1) is 11.3 Å². The third-order valence-electron chi connectivity index (χ3n) is 2.98.